The van der Waals surface area contributed by atoms with Crippen molar-refractivity contribution >= 4 is 17.3 Å². The second-order valence-corrected chi connectivity index (χ2v) is 3.71. The van der Waals surface area contributed by atoms with Crippen molar-refractivity contribution in [2.24, 2.45) is 0 Å². The molecule has 1 amide bonds. The van der Waals surface area contributed by atoms with Crippen molar-refractivity contribution in [3.8, 4) is 0 Å². The van der Waals surface area contributed by atoms with Gasteiger partial charge in [-0.05, 0) is 26.0 Å². The normalized spacial score (nSPS) is 11.4. The van der Waals surface area contributed by atoms with Crippen molar-refractivity contribution < 1.29 is 4.79 Å². The molecule has 0 unspecified atom stereocenters. The topological polar surface area (TPSA) is 43.1 Å². The molecule has 15 heavy (non-hydrogen) atoms. The molecule has 0 saturated heterocycles. The second kappa shape index (κ2) is 4.45. The van der Waals surface area contributed by atoms with E-state index >= 15 is 0 Å². The summed E-state index contributed by atoms with van der Waals surface area (Å²) in [5.74, 6) is 0.158. The van der Waals surface area contributed by atoms with E-state index in [9.17, 15) is 4.79 Å². The van der Waals surface area contributed by atoms with Gasteiger partial charge in [0.05, 0.1) is 20.0 Å². The molecule has 0 spiro atoms. The van der Waals surface area contributed by atoms with Gasteiger partial charge in [-0.15, -0.1) is 0 Å². The molecule has 0 fully saturated rings. The van der Waals surface area contributed by atoms with Crippen LogP contribution >= 0.6 is 0 Å². The Morgan fingerprint density at radius 1 is 1.33 bits per heavy atom. The van der Waals surface area contributed by atoms with Crippen molar-refractivity contribution in [2.45, 2.75) is 20.8 Å². The number of nitrogen functional groups attached to an aromatic ring is 1. The zero-order chi connectivity index (χ0) is 11.5. The van der Waals surface area contributed by atoms with E-state index in [1.807, 2.05) is 38.1 Å². The van der Waals surface area contributed by atoms with E-state index in [2.05, 4.69) is 0 Å². The van der Waals surface area contributed by atoms with Crippen molar-refractivity contribution in [2.75, 3.05) is 18.8 Å². The summed E-state index contributed by atoms with van der Waals surface area (Å²) in [7, 11) is 0. The largest absolute Gasteiger partial charge is 0.399 e. The lowest BCUT2D eigenvalue weighted by Crippen LogP contribution is -2.52. The summed E-state index contributed by atoms with van der Waals surface area (Å²) in [5.41, 5.74) is 7.43. The van der Waals surface area contributed by atoms with Crippen molar-refractivity contribution in [1.29, 1.82) is 0 Å². The van der Waals surface area contributed by atoms with Crippen LogP contribution in [0, 0.1) is 0 Å². The number of hydrogen-bond acceptors (Lipinski definition) is 2. The molecule has 0 radical (unpaired) electrons. The molecule has 1 aromatic carbocycles. The molecular formula is C12H19N2O+. The van der Waals surface area contributed by atoms with Crippen LogP contribution in [0.4, 0.5) is 11.4 Å². The monoisotopic (exact) mass is 207 g/mol. The van der Waals surface area contributed by atoms with Gasteiger partial charge in [0.1, 0.15) is 5.69 Å². The van der Waals surface area contributed by atoms with E-state index in [4.69, 9.17) is 5.73 Å². The summed E-state index contributed by atoms with van der Waals surface area (Å²) in [4.78, 5) is 11.8. The fourth-order valence-electron chi connectivity index (χ4n) is 2.01. The standard InChI is InChI=1S/C12H19N2O/c1-4-14(5-2,10(3)15)12-8-6-7-11(13)9-12/h6-9H,4-5,13H2,1-3H3/q+1. The lowest BCUT2D eigenvalue weighted by Gasteiger charge is -2.32. The highest BCUT2D eigenvalue weighted by atomic mass is 16.2. The van der Waals surface area contributed by atoms with Gasteiger partial charge >= 0.3 is 5.91 Å². The van der Waals surface area contributed by atoms with E-state index in [0.717, 1.165) is 18.8 Å². The number of carbonyl (C=O) groups is 1. The number of benzene rings is 1. The smallest absolute Gasteiger partial charge is 0.315 e. The van der Waals surface area contributed by atoms with Crippen molar-refractivity contribution in [3.63, 3.8) is 0 Å². The van der Waals surface area contributed by atoms with Crippen LogP contribution in [-0.4, -0.2) is 19.0 Å². The minimum atomic E-state index is 0.158. The van der Waals surface area contributed by atoms with Crippen LogP contribution in [0.1, 0.15) is 20.8 Å². The third-order valence-electron chi connectivity index (χ3n) is 3.05. The van der Waals surface area contributed by atoms with Gasteiger partial charge in [0, 0.05) is 11.8 Å². The zero-order valence-electron chi connectivity index (χ0n) is 9.66. The highest BCUT2D eigenvalue weighted by Crippen LogP contribution is 2.25. The quantitative estimate of drug-likeness (QED) is 0.609. The number of nitrogens with two attached hydrogens (primary N) is 1. The molecule has 3 heteroatoms. The summed E-state index contributed by atoms with van der Waals surface area (Å²) < 4.78 is 0.366. The van der Waals surface area contributed by atoms with E-state index in [-0.39, 0.29) is 5.91 Å². The molecule has 1 rings (SSSR count). The third kappa shape index (κ3) is 2.02. The van der Waals surface area contributed by atoms with Crippen LogP contribution in [0.5, 0.6) is 0 Å². The fraction of sp³-hybridized carbons (Fsp3) is 0.417. The van der Waals surface area contributed by atoms with Crippen LogP contribution in [0.3, 0.4) is 0 Å². The number of amides is 1. The molecule has 0 atom stereocenters. The van der Waals surface area contributed by atoms with Gasteiger partial charge in [0.25, 0.3) is 0 Å². The highest BCUT2D eigenvalue weighted by Gasteiger charge is 2.32. The minimum Gasteiger partial charge on any atom is -0.399 e. The van der Waals surface area contributed by atoms with Crippen LogP contribution in [0.25, 0.3) is 0 Å². The van der Waals surface area contributed by atoms with Crippen LogP contribution in [-0.2, 0) is 4.79 Å². The maximum atomic E-state index is 11.8. The number of hydrogen-bond donors (Lipinski definition) is 1. The number of carbonyl (C=O) groups excluding carboxylic acids is 1. The van der Waals surface area contributed by atoms with Crippen LogP contribution in [0.15, 0.2) is 24.3 Å². The van der Waals surface area contributed by atoms with Gasteiger partial charge in [-0.3, -0.25) is 0 Å². The summed E-state index contributed by atoms with van der Waals surface area (Å²) in [6, 6.07) is 7.58. The maximum absolute atomic E-state index is 11.8. The van der Waals surface area contributed by atoms with Gasteiger partial charge in [-0.1, -0.05) is 6.07 Å². The van der Waals surface area contributed by atoms with Crippen molar-refractivity contribution in [3.05, 3.63) is 24.3 Å². The van der Waals surface area contributed by atoms with E-state index in [1.54, 1.807) is 6.92 Å². The SMILES string of the molecule is CC[N+](CC)(C(C)=O)c1cccc(N)c1. The van der Waals surface area contributed by atoms with E-state index in [0.29, 0.717) is 10.2 Å². The molecule has 0 heterocycles. The zero-order valence-corrected chi connectivity index (χ0v) is 9.66. The van der Waals surface area contributed by atoms with Crippen LogP contribution in [0.2, 0.25) is 0 Å². The predicted octanol–water partition coefficient (Wildman–Crippen LogP) is 2.16. The first kappa shape index (κ1) is 11.7. The second-order valence-electron chi connectivity index (χ2n) is 3.71. The Morgan fingerprint density at radius 2 is 1.93 bits per heavy atom. The van der Waals surface area contributed by atoms with Gasteiger partial charge in [0.15, 0.2) is 0 Å². The molecule has 0 aromatic heterocycles. The average molecular weight is 207 g/mol. The van der Waals surface area contributed by atoms with Crippen LogP contribution < -0.4 is 10.2 Å². The molecule has 0 saturated carbocycles. The summed E-state index contributed by atoms with van der Waals surface area (Å²) >= 11 is 0. The first-order valence-electron chi connectivity index (χ1n) is 5.31. The number of anilines is 1. The number of rotatable bonds is 3. The van der Waals surface area contributed by atoms with Gasteiger partial charge in [-0.25, -0.2) is 9.28 Å². The van der Waals surface area contributed by atoms with Crippen molar-refractivity contribution in [1.82, 2.24) is 4.48 Å². The Kier molecular flexibility index (Phi) is 3.48. The van der Waals surface area contributed by atoms with E-state index in [1.165, 1.54) is 0 Å². The molecule has 0 aliphatic rings. The molecule has 0 aliphatic carbocycles. The summed E-state index contributed by atoms with van der Waals surface area (Å²) in [5, 5.41) is 0. The Morgan fingerprint density at radius 3 is 2.33 bits per heavy atom. The third-order valence-corrected chi connectivity index (χ3v) is 3.05. The Labute approximate surface area is 91.1 Å². The lowest BCUT2D eigenvalue weighted by atomic mass is 10.2. The minimum absolute atomic E-state index is 0.158. The maximum Gasteiger partial charge on any atom is 0.315 e. The predicted molar refractivity (Wildman–Crippen MR) is 64.4 cm³/mol. The molecule has 3 nitrogen and oxygen atoms in total. The molecule has 1 aromatic rings. The number of quaternary nitrogens is 1. The summed E-state index contributed by atoms with van der Waals surface area (Å²) in [6.07, 6.45) is 0. The molecular weight excluding hydrogens is 188 g/mol. The fourth-order valence-corrected chi connectivity index (χ4v) is 2.01. The Bertz CT molecular complexity index is 356. The Hall–Kier alpha value is -1.35. The van der Waals surface area contributed by atoms with Gasteiger partial charge in [-0.2, -0.15) is 0 Å². The van der Waals surface area contributed by atoms with Gasteiger partial charge in [0.2, 0.25) is 0 Å². The first-order chi connectivity index (χ1) is 7.06. The Balaban J connectivity index is 3.26. The molecule has 82 valence electrons. The van der Waals surface area contributed by atoms with Gasteiger partial charge < -0.3 is 5.73 Å². The molecule has 0 bridgehead atoms. The molecule has 0 aliphatic heterocycles. The highest BCUT2D eigenvalue weighted by molar-refractivity contribution is 5.86. The molecule has 2 N–H and O–H groups in total. The lowest BCUT2D eigenvalue weighted by molar-refractivity contribution is -0.127. The first-order valence-corrected chi connectivity index (χ1v) is 5.31. The summed E-state index contributed by atoms with van der Waals surface area (Å²) in [6.45, 7) is 7.20. The van der Waals surface area contributed by atoms with E-state index < -0.39 is 0 Å². The number of nitrogens with zero attached hydrogens (tertiary/aromatic N) is 1. The average Bonchev–Trinajstić information content (AvgIpc) is 2.20.